The number of carbonyl (C=O) groups is 2. The van der Waals surface area contributed by atoms with Crippen molar-refractivity contribution in [2.75, 3.05) is 0 Å². The summed E-state index contributed by atoms with van der Waals surface area (Å²) in [5, 5.41) is 10.8. The van der Waals surface area contributed by atoms with Gasteiger partial charge in [0.05, 0.1) is 5.92 Å². The smallest absolute Gasteiger partial charge is 0.256 e. The molecule has 0 aliphatic carbocycles. The van der Waals surface area contributed by atoms with Crippen LogP contribution in [0, 0.1) is 5.92 Å². The molecular formula is C5H7NO3. The summed E-state index contributed by atoms with van der Waals surface area (Å²) in [5.74, 6) is -1.57. The Hall–Kier alpha value is -0.900. The van der Waals surface area contributed by atoms with Crippen molar-refractivity contribution < 1.29 is 14.7 Å². The largest absolute Gasteiger partial charge is 0.382 e. The molecule has 0 aromatic heterocycles. The van der Waals surface area contributed by atoms with E-state index in [4.69, 9.17) is 5.11 Å². The highest BCUT2D eigenvalue weighted by Crippen LogP contribution is 2.09. The molecule has 9 heavy (non-hydrogen) atoms. The number of hydrogen-bond acceptors (Lipinski definition) is 3. The van der Waals surface area contributed by atoms with Crippen LogP contribution in [0.1, 0.15) is 6.92 Å². The second-order valence-corrected chi connectivity index (χ2v) is 2.09. The molecule has 1 aliphatic heterocycles. The molecule has 4 heteroatoms. The molecule has 0 spiro atoms. The van der Waals surface area contributed by atoms with Gasteiger partial charge in [-0.05, 0) is 0 Å². The van der Waals surface area contributed by atoms with Gasteiger partial charge in [-0.3, -0.25) is 14.9 Å². The van der Waals surface area contributed by atoms with Gasteiger partial charge in [0, 0.05) is 0 Å². The third-order valence-corrected chi connectivity index (χ3v) is 1.40. The average Bonchev–Trinajstić information content (AvgIpc) is 1.98. The molecule has 1 rings (SSSR count). The molecule has 1 saturated heterocycles. The Morgan fingerprint density at radius 3 is 2.11 bits per heavy atom. The van der Waals surface area contributed by atoms with Gasteiger partial charge in [-0.2, -0.15) is 0 Å². The lowest BCUT2D eigenvalue weighted by Crippen LogP contribution is -2.24. The molecule has 1 fully saturated rings. The van der Waals surface area contributed by atoms with E-state index in [2.05, 4.69) is 0 Å². The second kappa shape index (κ2) is 1.80. The first-order valence-electron chi connectivity index (χ1n) is 2.65. The zero-order chi connectivity index (χ0) is 7.02. The van der Waals surface area contributed by atoms with Crippen LogP contribution in [0.15, 0.2) is 0 Å². The predicted molar refractivity (Wildman–Crippen MR) is 28.3 cm³/mol. The fourth-order valence-electron chi connectivity index (χ4n) is 0.680. The molecular weight excluding hydrogens is 122 g/mol. The van der Waals surface area contributed by atoms with Crippen molar-refractivity contribution >= 4 is 11.8 Å². The van der Waals surface area contributed by atoms with Gasteiger partial charge in [0.25, 0.3) is 5.91 Å². The zero-order valence-corrected chi connectivity index (χ0v) is 4.92. The molecule has 0 bridgehead atoms. The van der Waals surface area contributed by atoms with E-state index in [-0.39, 0.29) is 0 Å². The summed E-state index contributed by atoms with van der Waals surface area (Å²) in [6, 6.07) is 0. The van der Waals surface area contributed by atoms with Crippen molar-refractivity contribution in [2.45, 2.75) is 13.0 Å². The van der Waals surface area contributed by atoms with Crippen molar-refractivity contribution in [3.05, 3.63) is 0 Å². The van der Waals surface area contributed by atoms with Gasteiger partial charge in [-0.15, -0.1) is 0 Å². The standard InChI is InChI=1S/C5H7NO3/c1-2-3(7)5(9)6-4(2)8/h2-3,7H,1H3,(H,6,8,9). The first-order valence-corrected chi connectivity index (χ1v) is 2.65. The normalized spacial score (nSPS) is 34.9. The fraction of sp³-hybridized carbons (Fsp3) is 0.600. The minimum absolute atomic E-state index is 0.396. The van der Waals surface area contributed by atoms with Gasteiger partial charge in [-0.1, -0.05) is 6.92 Å². The van der Waals surface area contributed by atoms with Gasteiger partial charge in [-0.25, -0.2) is 0 Å². The number of aliphatic hydroxyl groups is 1. The molecule has 0 aromatic rings. The first kappa shape index (κ1) is 6.22. The summed E-state index contributed by atoms with van der Waals surface area (Å²) in [6.07, 6.45) is -1.14. The number of aliphatic hydroxyl groups excluding tert-OH is 1. The Labute approximate surface area is 51.9 Å². The van der Waals surface area contributed by atoms with E-state index in [1.807, 2.05) is 5.32 Å². The molecule has 0 saturated carbocycles. The quantitative estimate of drug-likeness (QED) is 0.397. The lowest BCUT2D eigenvalue weighted by Gasteiger charge is -1.98. The van der Waals surface area contributed by atoms with E-state index < -0.39 is 23.8 Å². The third kappa shape index (κ3) is 0.810. The van der Waals surface area contributed by atoms with Crippen molar-refractivity contribution in [1.82, 2.24) is 5.32 Å². The summed E-state index contributed by atoms with van der Waals surface area (Å²) >= 11 is 0. The maximum Gasteiger partial charge on any atom is 0.256 e. The van der Waals surface area contributed by atoms with Crippen LogP contribution < -0.4 is 5.32 Å². The van der Waals surface area contributed by atoms with E-state index in [9.17, 15) is 9.59 Å². The molecule has 2 unspecified atom stereocenters. The molecule has 1 heterocycles. The zero-order valence-electron chi connectivity index (χ0n) is 4.92. The minimum atomic E-state index is -1.14. The van der Waals surface area contributed by atoms with E-state index >= 15 is 0 Å². The minimum Gasteiger partial charge on any atom is -0.382 e. The Bertz CT molecular complexity index is 148. The van der Waals surface area contributed by atoms with Crippen LogP contribution >= 0.6 is 0 Å². The van der Waals surface area contributed by atoms with Crippen molar-refractivity contribution in [3.8, 4) is 0 Å². The maximum absolute atomic E-state index is 10.5. The van der Waals surface area contributed by atoms with Crippen molar-refractivity contribution in [2.24, 2.45) is 5.92 Å². The number of imide groups is 1. The van der Waals surface area contributed by atoms with Crippen LogP contribution in [0.5, 0.6) is 0 Å². The molecule has 4 nitrogen and oxygen atoms in total. The van der Waals surface area contributed by atoms with Gasteiger partial charge < -0.3 is 5.11 Å². The topological polar surface area (TPSA) is 66.4 Å². The number of amides is 2. The fourth-order valence-corrected chi connectivity index (χ4v) is 0.680. The van der Waals surface area contributed by atoms with Gasteiger partial charge in [0.2, 0.25) is 5.91 Å². The summed E-state index contributed by atoms with van der Waals surface area (Å²) in [6.45, 7) is 1.50. The highest BCUT2D eigenvalue weighted by Gasteiger charge is 2.36. The van der Waals surface area contributed by atoms with Crippen LogP contribution in [0.2, 0.25) is 0 Å². The van der Waals surface area contributed by atoms with Gasteiger partial charge in [0.1, 0.15) is 6.10 Å². The highest BCUT2D eigenvalue weighted by atomic mass is 16.3. The maximum atomic E-state index is 10.5. The van der Waals surface area contributed by atoms with E-state index in [1.165, 1.54) is 6.92 Å². The third-order valence-electron chi connectivity index (χ3n) is 1.40. The van der Waals surface area contributed by atoms with E-state index in [1.54, 1.807) is 0 Å². The average molecular weight is 129 g/mol. The summed E-state index contributed by atoms with van der Waals surface area (Å²) in [7, 11) is 0. The number of hydrogen-bond donors (Lipinski definition) is 2. The number of carbonyl (C=O) groups excluding carboxylic acids is 2. The van der Waals surface area contributed by atoms with Crippen LogP contribution in [0.25, 0.3) is 0 Å². The predicted octanol–water partition coefficient (Wildman–Crippen LogP) is -1.36. The van der Waals surface area contributed by atoms with Crippen LogP contribution in [0.3, 0.4) is 0 Å². The lowest BCUT2D eigenvalue weighted by molar-refractivity contribution is -0.127. The van der Waals surface area contributed by atoms with Gasteiger partial charge in [0.15, 0.2) is 0 Å². The molecule has 2 amide bonds. The van der Waals surface area contributed by atoms with Crippen LogP contribution in [-0.4, -0.2) is 23.0 Å². The number of nitrogens with one attached hydrogen (secondary N) is 1. The van der Waals surface area contributed by atoms with Crippen molar-refractivity contribution in [3.63, 3.8) is 0 Å². The highest BCUT2D eigenvalue weighted by molar-refractivity contribution is 6.06. The Morgan fingerprint density at radius 2 is 2.00 bits per heavy atom. The molecule has 0 radical (unpaired) electrons. The summed E-state index contributed by atoms with van der Waals surface area (Å²) < 4.78 is 0. The Kier molecular flexibility index (Phi) is 1.25. The van der Waals surface area contributed by atoms with Gasteiger partial charge >= 0.3 is 0 Å². The monoisotopic (exact) mass is 129 g/mol. The summed E-state index contributed by atoms with van der Waals surface area (Å²) in [5.41, 5.74) is 0. The Balaban J connectivity index is 2.77. The van der Waals surface area contributed by atoms with Crippen molar-refractivity contribution in [1.29, 1.82) is 0 Å². The van der Waals surface area contributed by atoms with E-state index in [0.29, 0.717) is 0 Å². The molecule has 2 N–H and O–H groups in total. The van der Waals surface area contributed by atoms with E-state index in [0.717, 1.165) is 0 Å². The lowest BCUT2D eigenvalue weighted by atomic mass is 10.1. The van der Waals surface area contributed by atoms with Crippen LogP contribution in [0.4, 0.5) is 0 Å². The second-order valence-electron chi connectivity index (χ2n) is 2.09. The van der Waals surface area contributed by atoms with Crippen LogP contribution in [-0.2, 0) is 9.59 Å². The summed E-state index contributed by atoms with van der Waals surface area (Å²) in [4.78, 5) is 20.9. The SMILES string of the molecule is CC1C(=O)NC(=O)C1O. The molecule has 1 aliphatic rings. The molecule has 2 atom stereocenters. The first-order chi connectivity index (χ1) is 4.13. The Morgan fingerprint density at radius 1 is 1.44 bits per heavy atom. The molecule has 50 valence electrons. The number of rotatable bonds is 0. The molecule has 0 aromatic carbocycles.